The summed E-state index contributed by atoms with van der Waals surface area (Å²) in [4.78, 5) is 0. The van der Waals surface area contributed by atoms with E-state index in [1.165, 1.54) is 0 Å². The summed E-state index contributed by atoms with van der Waals surface area (Å²) in [6.07, 6.45) is 0. The molecular formula is C13H10BrClO2. The van der Waals surface area contributed by atoms with E-state index in [9.17, 15) is 5.11 Å². The minimum Gasteiger partial charge on any atom is -0.456 e. The molecule has 0 aliphatic carbocycles. The smallest absolute Gasteiger partial charge is 0.141 e. The third-order valence-electron chi connectivity index (χ3n) is 2.29. The summed E-state index contributed by atoms with van der Waals surface area (Å²) in [7, 11) is 0. The van der Waals surface area contributed by atoms with Crippen LogP contribution < -0.4 is 4.74 Å². The summed E-state index contributed by atoms with van der Waals surface area (Å²) in [5, 5.41) is 9.77. The van der Waals surface area contributed by atoms with Crippen molar-refractivity contribution in [1.82, 2.24) is 0 Å². The normalized spacial score (nSPS) is 10.3. The molecule has 0 heterocycles. The van der Waals surface area contributed by atoms with Crippen LogP contribution in [-0.4, -0.2) is 5.11 Å². The number of hydrogen-bond donors (Lipinski definition) is 1. The van der Waals surface area contributed by atoms with Crippen LogP contribution >= 0.6 is 27.5 Å². The van der Waals surface area contributed by atoms with Crippen molar-refractivity contribution in [1.29, 1.82) is 0 Å². The van der Waals surface area contributed by atoms with Crippen LogP contribution in [-0.2, 0) is 6.61 Å². The van der Waals surface area contributed by atoms with Gasteiger partial charge in [-0.1, -0.05) is 29.8 Å². The Morgan fingerprint density at radius 3 is 2.47 bits per heavy atom. The van der Waals surface area contributed by atoms with E-state index in [1.54, 1.807) is 18.2 Å². The number of aliphatic hydroxyl groups excluding tert-OH is 1. The van der Waals surface area contributed by atoms with Gasteiger partial charge in [0.25, 0.3) is 0 Å². The standard InChI is InChI=1S/C13H10BrClO2/c14-10-4-1-2-6-13(10)17-12-7-3-5-11(15)9(12)8-16/h1-7,16H,8H2. The van der Waals surface area contributed by atoms with Crippen molar-refractivity contribution in [2.75, 3.05) is 0 Å². The topological polar surface area (TPSA) is 29.5 Å². The number of halogens is 2. The number of ether oxygens (including phenoxy) is 1. The molecule has 0 saturated carbocycles. The maximum Gasteiger partial charge on any atom is 0.141 e. The molecule has 2 aromatic carbocycles. The molecule has 0 atom stereocenters. The summed E-state index contributed by atoms with van der Waals surface area (Å²) in [5.41, 5.74) is 0.588. The van der Waals surface area contributed by atoms with Crippen LogP contribution in [0.2, 0.25) is 5.02 Å². The van der Waals surface area contributed by atoms with Crippen molar-refractivity contribution < 1.29 is 9.84 Å². The van der Waals surface area contributed by atoms with Gasteiger partial charge in [0.15, 0.2) is 0 Å². The molecule has 2 rings (SSSR count). The van der Waals surface area contributed by atoms with E-state index in [0.29, 0.717) is 22.1 Å². The number of benzene rings is 2. The highest BCUT2D eigenvalue weighted by Gasteiger charge is 2.09. The van der Waals surface area contributed by atoms with Crippen molar-refractivity contribution in [3.05, 3.63) is 57.5 Å². The van der Waals surface area contributed by atoms with Crippen LogP contribution in [0.3, 0.4) is 0 Å². The highest BCUT2D eigenvalue weighted by Crippen LogP contribution is 2.33. The van der Waals surface area contributed by atoms with Crippen LogP contribution in [0.15, 0.2) is 46.9 Å². The fourth-order valence-electron chi connectivity index (χ4n) is 1.43. The van der Waals surface area contributed by atoms with Gasteiger partial charge in [0.1, 0.15) is 11.5 Å². The van der Waals surface area contributed by atoms with Crippen LogP contribution in [0, 0.1) is 0 Å². The van der Waals surface area contributed by atoms with E-state index < -0.39 is 0 Å². The van der Waals surface area contributed by atoms with E-state index in [0.717, 1.165) is 4.47 Å². The maximum absolute atomic E-state index is 9.27. The second kappa shape index (κ2) is 5.54. The molecule has 0 aliphatic heterocycles. The van der Waals surface area contributed by atoms with Gasteiger partial charge in [-0.15, -0.1) is 0 Å². The van der Waals surface area contributed by atoms with Crippen molar-refractivity contribution in [2.24, 2.45) is 0 Å². The molecule has 0 aromatic heterocycles. The maximum atomic E-state index is 9.27. The summed E-state index contributed by atoms with van der Waals surface area (Å²) in [5.74, 6) is 1.25. The molecule has 0 amide bonds. The lowest BCUT2D eigenvalue weighted by atomic mass is 10.2. The monoisotopic (exact) mass is 312 g/mol. The molecule has 88 valence electrons. The van der Waals surface area contributed by atoms with Gasteiger partial charge in [0, 0.05) is 10.6 Å². The highest BCUT2D eigenvalue weighted by atomic mass is 79.9. The Labute approximate surface area is 113 Å². The second-order valence-electron chi connectivity index (χ2n) is 3.41. The molecule has 1 N–H and O–H groups in total. The van der Waals surface area contributed by atoms with E-state index in [4.69, 9.17) is 16.3 Å². The van der Waals surface area contributed by atoms with Gasteiger partial charge in [0.2, 0.25) is 0 Å². The number of hydrogen-bond acceptors (Lipinski definition) is 2. The molecule has 0 fully saturated rings. The van der Waals surface area contributed by atoms with Gasteiger partial charge in [-0.3, -0.25) is 0 Å². The first kappa shape index (κ1) is 12.4. The highest BCUT2D eigenvalue weighted by molar-refractivity contribution is 9.10. The summed E-state index contributed by atoms with van der Waals surface area (Å²) in [6.45, 7) is -0.153. The second-order valence-corrected chi connectivity index (χ2v) is 4.67. The van der Waals surface area contributed by atoms with Crippen molar-refractivity contribution >= 4 is 27.5 Å². The zero-order chi connectivity index (χ0) is 12.3. The Bertz CT molecular complexity index is 529. The van der Waals surface area contributed by atoms with E-state index >= 15 is 0 Å². The lowest BCUT2D eigenvalue weighted by Gasteiger charge is -2.11. The minimum absolute atomic E-state index is 0.153. The van der Waals surface area contributed by atoms with Crippen LogP contribution in [0.4, 0.5) is 0 Å². The molecule has 2 nitrogen and oxygen atoms in total. The van der Waals surface area contributed by atoms with Gasteiger partial charge >= 0.3 is 0 Å². The molecule has 4 heteroatoms. The first-order valence-corrected chi connectivity index (χ1v) is 6.20. The first-order chi connectivity index (χ1) is 8.22. The van der Waals surface area contributed by atoms with Gasteiger partial charge in [-0.05, 0) is 40.2 Å². The molecule has 0 aliphatic rings. The quantitative estimate of drug-likeness (QED) is 0.911. The summed E-state index contributed by atoms with van der Waals surface area (Å²) >= 11 is 9.38. The van der Waals surface area contributed by atoms with Gasteiger partial charge in [-0.25, -0.2) is 0 Å². The Morgan fingerprint density at radius 1 is 1.06 bits per heavy atom. The Kier molecular flexibility index (Phi) is 4.05. The van der Waals surface area contributed by atoms with Crippen molar-refractivity contribution in [3.8, 4) is 11.5 Å². The predicted molar refractivity (Wildman–Crippen MR) is 71.6 cm³/mol. The molecule has 0 radical (unpaired) electrons. The summed E-state index contributed by atoms with van der Waals surface area (Å²) < 4.78 is 6.57. The molecule has 0 spiro atoms. The fourth-order valence-corrected chi connectivity index (χ4v) is 2.03. The van der Waals surface area contributed by atoms with Crippen molar-refractivity contribution in [2.45, 2.75) is 6.61 Å². The number of para-hydroxylation sites is 1. The summed E-state index contributed by atoms with van der Waals surface area (Å²) in [6, 6.07) is 12.8. The zero-order valence-electron chi connectivity index (χ0n) is 8.86. The van der Waals surface area contributed by atoms with E-state index in [-0.39, 0.29) is 6.61 Å². The lowest BCUT2D eigenvalue weighted by Crippen LogP contribution is -1.93. The SMILES string of the molecule is OCc1c(Cl)cccc1Oc1ccccc1Br. The van der Waals surface area contributed by atoms with Gasteiger partial charge in [0.05, 0.1) is 11.1 Å². The molecule has 0 unspecified atom stereocenters. The average molecular weight is 314 g/mol. The van der Waals surface area contributed by atoms with Crippen molar-refractivity contribution in [3.63, 3.8) is 0 Å². The van der Waals surface area contributed by atoms with Crippen LogP contribution in [0.5, 0.6) is 11.5 Å². The number of rotatable bonds is 3. The molecule has 2 aromatic rings. The minimum atomic E-state index is -0.153. The molecular weight excluding hydrogens is 303 g/mol. The fraction of sp³-hybridized carbons (Fsp3) is 0.0769. The third kappa shape index (κ3) is 2.80. The Balaban J connectivity index is 2.37. The van der Waals surface area contributed by atoms with Crippen LogP contribution in [0.1, 0.15) is 5.56 Å². The Hall–Kier alpha value is -1.03. The largest absolute Gasteiger partial charge is 0.456 e. The van der Waals surface area contributed by atoms with E-state index in [1.807, 2.05) is 24.3 Å². The molecule has 0 saturated heterocycles. The predicted octanol–water partition coefficient (Wildman–Crippen LogP) is 4.39. The number of aliphatic hydroxyl groups is 1. The molecule has 0 bridgehead atoms. The Morgan fingerprint density at radius 2 is 1.76 bits per heavy atom. The zero-order valence-corrected chi connectivity index (χ0v) is 11.2. The third-order valence-corrected chi connectivity index (χ3v) is 3.30. The lowest BCUT2D eigenvalue weighted by molar-refractivity contribution is 0.276. The van der Waals surface area contributed by atoms with Crippen LogP contribution in [0.25, 0.3) is 0 Å². The van der Waals surface area contributed by atoms with Gasteiger partial charge < -0.3 is 9.84 Å². The van der Waals surface area contributed by atoms with E-state index in [2.05, 4.69) is 15.9 Å². The van der Waals surface area contributed by atoms with Gasteiger partial charge in [-0.2, -0.15) is 0 Å². The first-order valence-electron chi connectivity index (χ1n) is 5.03. The molecule has 17 heavy (non-hydrogen) atoms. The average Bonchev–Trinajstić information content (AvgIpc) is 2.32.